The molecule has 2 heterocycles. The maximum Gasteiger partial charge on any atom is 0.408 e. The van der Waals surface area contributed by atoms with Crippen molar-refractivity contribution in [2.75, 3.05) is 11.9 Å². The van der Waals surface area contributed by atoms with Gasteiger partial charge in [-0.2, -0.15) is 0 Å². The number of benzene rings is 1. The van der Waals surface area contributed by atoms with Crippen LogP contribution in [0.3, 0.4) is 0 Å². The van der Waals surface area contributed by atoms with E-state index in [1.807, 2.05) is 19.1 Å². The number of carbonyl (C=O) groups excluding carboxylic acids is 2. The molecule has 176 valence electrons. The van der Waals surface area contributed by atoms with Gasteiger partial charge < -0.3 is 24.8 Å². The van der Waals surface area contributed by atoms with Crippen molar-refractivity contribution in [3.63, 3.8) is 0 Å². The van der Waals surface area contributed by atoms with Crippen molar-refractivity contribution < 1.29 is 23.8 Å². The Morgan fingerprint density at radius 1 is 1.21 bits per heavy atom. The molecule has 1 aromatic heterocycles. The van der Waals surface area contributed by atoms with Crippen molar-refractivity contribution in [1.82, 2.24) is 15.3 Å². The van der Waals surface area contributed by atoms with E-state index in [2.05, 4.69) is 20.6 Å². The van der Waals surface area contributed by atoms with Gasteiger partial charge >= 0.3 is 6.09 Å². The highest BCUT2D eigenvalue weighted by Crippen LogP contribution is 2.59. The van der Waals surface area contributed by atoms with Gasteiger partial charge in [0.05, 0.1) is 19.0 Å². The molecule has 0 saturated heterocycles. The van der Waals surface area contributed by atoms with Gasteiger partial charge in [-0.3, -0.25) is 4.79 Å². The third-order valence-electron chi connectivity index (χ3n) is 5.70. The Bertz CT molecular complexity index is 1060. The van der Waals surface area contributed by atoms with Crippen molar-refractivity contribution >= 4 is 17.8 Å². The third kappa shape index (κ3) is 5.02. The van der Waals surface area contributed by atoms with Crippen LogP contribution >= 0.6 is 0 Å². The molecule has 1 atom stereocenters. The second-order valence-electron chi connectivity index (χ2n) is 9.59. The Morgan fingerprint density at radius 2 is 1.97 bits per heavy atom. The van der Waals surface area contributed by atoms with Crippen LogP contribution in [-0.2, 0) is 14.9 Å². The van der Waals surface area contributed by atoms with Crippen LogP contribution in [0.25, 0.3) is 0 Å². The molecule has 4 rings (SSSR count). The minimum Gasteiger partial charge on any atom is -0.492 e. The highest BCUT2D eigenvalue weighted by Gasteiger charge is 2.53. The van der Waals surface area contributed by atoms with Gasteiger partial charge in [0.1, 0.15) is 23.1 Å². The zero-order chi connectivity index (χ0) is 23.8. The molecule has 1 aliphatic carbocycles. The molecule has 1 fully saturated rings. The minimum atomic E-state index is -0.762. The predicted octanol–water partition coefficient (Wildman–Crippen LogP) is 4.24. The molecule has 9 heteroatoms. The van der Waals surface area contributed by atoms with Crippen molar-refractivity contribution in [3.8, 4) is 17.4 Å². The van der Waals surface area contributed by atoms with Crippen LogP contribution in [0.2, 0.25) is 0 Å². The van der Waals surface area contributed by atoms with Gasteiger partial charge in [0.15, 0.2) is 5.82 Å². The smallest absolute Gasteiger partial charge is 0.408 e. The summed E-state index contributed by atoms with van der Waals surface area (Å²) in [6.45, 7) is 9.79. The third-order valence-corrected chi connectivity index (χ3v) is 5.70. The number of nitrogens with zero attached hydrogens (tertiary/aromatic N) is 2. The molecule has 0 unspecified atom stereocenters. The number of aryl methyl sites for hydroxylation is 1. The lowest BCUT2D eigenvalue weighted by Crippen LogP contribution is -2.45. The van der Waals surface area contributed by atoms with Gasteiger partial charge in [-0.1, -0.05) is 13.0 Å². The molecule has 2 N–H and O–H groups in total. The first-order valence-electron chi connectivity index (χ1n) is 11.2. The summed E-state index contributed by atoms with van der Waals surface area (Å²) in [5.41, 5.74) is 1.62. The van der Waals surface area contributed by atoms with Gasteiger partial charge in [0.25, 0.3) is 0 Å². The van der Waals surface area contributed by atoms with Gasteiger partial charge in [0, 0.05) is 11.0 Å². The molecular weight excluding hydrogens is 424 g/mol. The van der Waals surface area contributed by atoms with Crippen LogP contribution < -0.4 is 20.1 Å². The lowest BCUT2D eigenvalue weighted by atomic mass is 9.95. The van der Waals surface area contributed by atoms with E-state index in [1.54, 1.807) is 27.7 Å². The van der Waals surface area contributed by atoms with Crippen LogP contribution in [0.5, 0.6) is 17.4 Å². The summed E-state index contributed by atoms with van der Waals surface area (Å²) >= 11 is 0. The number of nitrogens with one attached hydrogen (secondary N) is 2. The second kappa shape index (κ2) is 8.53. The number of alkyl carbamates (subject to hydrolysis) is 1. The number of fused-ring (bicyclic) bond motifs is 2. The predicted molar refractivity (Wildman–Crippen MR) is 122 cm³/mol. The topological polar surface area (TPSA) is 112 Å². The number of aromatic nitrogens is 2. The Hall–Kier alpha value is -3.36. The van der Waals surface area contributed by atoms with Crippen LogP contribution in [-0.4, -0.2) is 40.2 Å². The second-order valence-corrected chi connectivity index (χ2v) is 9.59. The van der Waals surface area contributed by atoms with Crippen LogP contribution in [0.15, 0.2) is 24.5 Å². The number of hydrogen-bond donors (Lipinski definition) is 2. The molecular formula is C24H30N4O5. The molecule has 0 bridgehead atoms. The summed E-state index contributed by atoms with van der Waals surface area (Å²) in [6.07, 6.45) is 4.80. The highest BCUT2D eigenvalue weighted by atomic mass is 16.6. The largest absolute Gasteiger partial charge is 0.492 e. The van der Waals surface area contributed by atoms with E-state index in [4.69, 9.17) is 14.2 Å². The Labute approximate surface area is 193 Å². The lowest BCUT2D eigenvalue weighted by molar-refractivity contribution is -0.118. The van der Waals surface area contributed by atoms with E-state index in [0.717, 1.165) is 35.5 Å². The molecule has 1 aromatic carbocycles. The summed E-state index contributed by atoms with van der Waals surface area (Å²) in [6, 6.07) is 3.15. The summed E-state index contributed by atoms with van der Waals surface area (Å²) in [4.78, 5) is 33.1. The van der Waals surface area contributed by atoms with E-state index in [1.165, 1.54) is 12.4 Å². The van der Waals surface area contributed by atoms with Gasteiger partial charge in [-0.25, -0.2) is 14.8 Å². The lowest BCUT2D eigenvalue weighted by Gasteiger charge is -2.22. The van der Waals surface area contributed by atoms with E-state index >= 15 is 0 Å². The first kappa shape index (κ1) is 22.8. The van der Waals surface area contributed by atoms with Gasteiger partial charge in [-0.05, 0) is 58.6 Å². The molecule has 2 aliphatic rings. The standard InChI is InChI=1S/C24H30N4O5/c1-6-15(27-22(30)33-23(3,4)5)21(29)28-17-11-26-18(12-25-17)32-16-8-7-14(2)20-19(16)24(9-10-24)13-31-20/h7-8,11-12,15H,6,9-10,13H2,1-5H3,(H,27,30)(H,25,28,29)/t15-/m0/s1. The van der Waals surface area contributed by atoms with Gasteiger partial charge in [-0.15, -0.1) is 0 Å². The first-order valence-corrected chi connectivity index (χ1v) is 11.2. The first-order chi connectivity index (χ1) is 15.6. The normalized spacial score (nSPS) is 16.4. The van der Waals surface area contributed by atoms with E-state index in [0.29, 0.717) is 18.9 Å². The molecule has 0 radical (unpaired) electrons. The summed E-state index contributed by atoms with van der Waals surface area (Å²) in [7, 11) is 0. The zero-order valence-electron chi connectivity index (χ0n) is 19.7. The number of hydrogen-bond acceptors (Lipinski definition) is 7. The van der Waals surface area contributed by atoms with Gasteiger partial charge in [0.2, 0.25) is 11.8 Å². The molecule has 1 aliphatic heterocycles. The fourth-order valence-corrected chi connectivity index (χ4v) is 3.83. The fourth-order valence-electron chi connectivity index (χ4n) is 3.83. The van der Waals surface area contributed by atoms with Crippen LogP contribution in [0.1, 0.15) is 58.1 Å². The summed E-state index contributed by atoms with van der Waals surface area (Å²) in [5.74, 6) is 1.80. The SMILES string of the molecule is CC[C@H](NC(=O)OC(C)(C)C)C(=O)Nc1cnc(Oc2ccc(C)c3c2C2(CC2)CO3)cn1. The molecule has 1 saturated carbocycles. The number of amides is 2. The Kier molecular flexibility index (Phi) is 5.90. The van der Waals surface area contributed by atoms with Crippen molar-refractivity contribution in [3.05, 3.63) is 35.7 Å². The van der Waals surface area contributed by atoms with E-state index < -0.39 is 23.6 Å². The van der Waals surface area contributed by atoms with E-state index in [9.17, 15) is 9.59 Å². The van der Waals surface area contributed by atoms with E-state index in [-0.39, 0.29) is 11.2 Å². The number of carbonyl (C=O) groups is 2. The number of ether oxygens (including phenoxy) is 3. The molecule has 2 amide bonds. The average molecular weight is 455 g/mol. The highest BCUT2D eigenvalue weighted by molar-refractivity contribution is 5.95. The van der Waals surface area contributed by atoms with Crippen LogP contribution in [0, 0.1) is 6.92 Å². The summed E-state index contributed by atoms with van der Waals surface area (Å²) in [5, 5.41) is 5.24. The average Bonchev–Trinajstić information content (AvgIpc) is 3.42. The molecule has 1 spiro atoms. The molecule has 9 nitrogen and oxygen atoms in total. The Morgan fingerprint density at radius 3 is 2.58 bits per heavy atom. The quantitative estimate of drug-likeness (QED) is 0.671. The van der Waals surface area contributed by atoms with Crippen molar-refractivity contribution in [1.29, 1.82) is 0 Å². The molecule has 33 heavy (non-hydrogen) atoms. The Balaban J connectivity index is 1.40. The van der Waals surface area contributed by atoms with Crippen molar-refractivity contribution in [2.24, 2.45) is 0 Å². The maximum atomic E-state index is 12.6. The number of anilines is 1. The monoisotopic (exact) mass is 454 g/mol. The van der Waals surface area contributed by atoms with Crippen LogP contribution in [0.4, 0.5) is 10.6 Å². The zero-order valence-corrected chi connectivity index (χ0v) is 19.7. The maximum absolute atomic E-state index is 12.6. The fraction of sp³-hybridized carbons (Fsp3) is 0.500. The van der Waals surface area contributed by atoms with Crippen molar-refractivity contribution in [2.45, 2.75) is 70.9 Å². The summed E-state index contributed by atoms with van der Waals surface area (Å²) < 4.78 is 17.2. The minimum absolute atomic E-state index is 0.0638. The number of rotatable bonds is 6. The molecule has 2 aromatic rings.